The van der Waals surface area contributed by atoms with Crippen LogP contribution in [0.1, 0.15) is 17.3 Å². The van der Waals surface area contributed by atoms with E-state index in [-0.39, 0.29) is 5.91 Å². The summed E-state index contributed by atoms with van der Waals surface area (Å²) in [6.07, 6.45) is 5.29. The second-order valence-corrected chi connectivity index (χ2v) is 5.70. The molecule has 5 heteroatoms. The molecule has 0 aliphatic rings. The summed E-state index contributed by atoms with van der Waals surface area (Å²) in [5, 5.41) is 3.20. The van der Waals surface area contributed by atoms with Crippen molar-refractivity contribution >= 4 is 17.4 Å². The monoisotopic (exact) mass is 332 g/mol. The van der Waals surface area contributed by atoms with E-state index >= 15 is 0 Å². The van der Waals surface area contributed by atoms with Crippen molar-refractivity contribution < 1.29 is 4.79 Å². The lowest BCUT2D eigenvalue weighted by atomic mass is 10.1. The number of rotatable bonds is 5. The Labute approximate surface area is 147 Å². The van der Waals surface area contributed by atoms with Crippen LogP contribution in [0.25, 0.3) is 11.1 Å². The normalized spacial score (nSPS) is 10.3. The highest BCUT2D eigenvalue weighted by molar-refractivity contribution is 5.94. The van der Waals surface area contributed by atoms with Crippen molar-refractivity contribution in [2.75, 3.05) is 18.9 Å². The molecule has 0 atom stereocenters. The molecule has 5 nitrogen and oxygen atoms in total. The first-order chi connectivity index (χ1) is 12.2. The van der Waals surface area contributed by atoms with Gasteiger partial charge in [-0.3, -0.25) is 9.78 Å². The summed E-state index contributed by atoms with van der Waals surface area (Å²) in [7, 11) is 1.80. The number of carbonyl (C=O) groups excluding carboxylic acids is 1. The van der Waals surface area contributed by atoms with E-state index in [1.807, 2.05) is 61.7 Å². The lowest BCUT2D eigenvalue weighted by Gasteiger charge is -2.14. The molecule has 0 bridgehead atoms. The molecule has 1 aromatic carbocycles. The Bertz CT molecular complexity index is 830. The molecule has 0 unspecified atom stereocenters. The van der Waals surface area contributed by atoms with Gasteiger partial charge in [-0.15, -0.1) is 0 Å². The predicted octanol–water partition coefficient (Wildman–Crippen LogP) is 3.98. The Kier molecular flexibility index (Phi) is 5.04. The fourth-order valence-corrected chi connectivity index (χ4v) is 2.39. The third-order valence-corrected chi connectivity index (χ3v) is 3.98. The number of amides is 1. The predicted molar refractivity (Wildman–Crippen MR) is 99.8 cm³/mol. The Morgan fingerprint density at radius 1 is 1.04 bits per heavy atom. The first-order valence-corrected chi connectivity index (χ1v) is 8.16. The summed E-state index contributed by atoms with van der Waals surface area (Å²) in [5.74, 6) is 0.788. The van der Waals surface area contributed by atoms with E-state index in [1.165, 1.54) is 0 Å². The molecule has 0 aliphatic carbocycles. The molecule has 3 aromatic rings. The second kappa shape index (κ2) is 7.57. The molecule has 3 rings (SSSR count). The molecule has 126 valence electrons. The fourth-order valence-electron chi connectivity index (χ4n) is 2.39. The van der Waals surface area contributed by atoms with Crippen molar-refractivity contribution in [1.82, 2.24) is 14.9 Å². The quantitative estimate of drug-likeness (QED) is 0.768. The van der Waals surface area contributed by atoms with Crippen LogP contribution in [0, 0.1) is 0 Å². The minimum Gasteiger partial charge on any atom is -0.342 e. The molecular weight excluding hydrogens is 312 g/mol. The number of nitrogens with one attached hydrogen (secondary N) is 1. The standard InChI is InChI=1S/C20H20N4O/c1-3-24(2)20(25)16-8-6-15(7-9-16)17-10-11-19(22-13-17)23-18-5-4-12-21-14-18/h4-14H,3H2,1-2H3,(H,22,23). The van der Waals surface area contributed by atoms with Gasteiger partial charge in [-0.1, -0.05) is 12.1 Å². The van der Waals surface area contributed by atoms with Gasteiger partial charge >= 0.3 is 0 Å². The van der Waals surface area contributed by atoms with Crippen LogP contribution < -0.4 is 5.32 Å². The van der Waals surface area contributed by atoms with Gasteiger partial charge in [0.25, 0.3) is 5.91 Å². The maximum absolute atomic E-state index is 12.1. The Hall–Kier alpha value is -3.21. The van der Waals surface area contributed by atoms with Crippen LogP contribution >= 0.6 is 0 Å². The van der Waals surface area contributed by atoms with Crippen LogP contribution in [0.4, 0.5) is 11.5 Å². The van der Waals surface area contributed by atoms with E-state index in [2.05, 4.69) is 15.3 Å². The van der Waals surface area contributed by atoms with Crippen molar-refractivity contribution in [3.63, 3.8) is 0 Å². The number of nitrogens with zero attached hydrogens (tertiary/aromatic N) is 3. The average molecular weight is 332 g/mol. The number of aromatic nitrogens is 2. The molecule has 1 amide bonds. The maximum Gasteiger partial charge on any atom is 0.253 e. The molecule has 0 saturated carbocycles. The summed E-state index contributed by atoms with van der Waals surface area (Å²) in [6, 6.07) is 15.3. The van der Waals surface area contributed by atoms with E-state index in [4.69, 9.17) is 0 Å². The van der Waals surface area contributed by atoms with Crippen molar-refractivity contribution in [3.05, 3.63) is 72.7 Å². The first-order valence-electron chi connectivity index (χ1n) is 8.16. The number of benzene rings is 1. The molecule has 0 aliphatic heterocycles. The molecule has 0 fully saturated rings. The Morgan fingerprint density at radius 3 is 2.40 bits per heavy atom. The highest BCUT2D eigenvalue weighted by Crippen LogP contribution is 2.22. The molecule has 0 spiro atoms. The SMILES string of the molecule is CCN(C)C(=O)c1ccc(-c2ccc(Nc3cccnc3)nc2)cc1. The van der Waals surface area contributed by atoms with Gasteiger partial charge in [0, 0.05) is 37.1 Å². The van der Waals surface area contributed by atoms with E-state index in [0.29, 0.717) is 12.1 Å². The number of pyridine rings is 2. The van der Waals surface area contributed by atoms with Crippen molar-refractivity contribution in [3.8, 4) is 11.1 Å². The largest absolute Gasteiger partial charge is 0.342 e. The van der Waals surface area contributed by atoms with Gasteiger partial charge < -0.3 is 10.2 Å². The van der Waals surface area contributed by atoms with Gasteiger partial charge in [0.1, 0.15) is 5.82 Å². The maximum atomic E-state index is 12.1. The third kappa shape index (κ3) is 4.01. The van der Waals surface area contributed by atoms with E-state index < -0.39 is 0 Å². The number of hydrogen-bond acceptors (Lipinski definition) is 4. The third-order valence-electron chi connectivity index (χ3n) is 3.98. The van der Waals surface area contributed by atoms with Crippen LogP contribution in [0.5, 0.6) is 0 Å². The van der Waals surface area contributed by atoms with Crippen molar-refractivity contribution in [2.24, 2.45) is 0 Å². The molecule has 2 aromatic heterocycles. The highest BCUT2D eigenvalue weighted by atomic mass is 16.2. The van der Waals surface area contributed by atoms with Crippen LogP contribution in [0.3, 0.4) is 0 Å². The van der Waals surface area contributed by atoms with Crippen molar-refractivity contribution in [2.45, 2.75) is 6.92 Å². The lowest BCUT2D eigenvalue weighted by molar-refractivity contribution is 0.0802. The van der Waals surface area contributed by atoms with Gasteiger partial charge in [-0.25, -0.2) is 4.98 Å². The summed E-state index contributed by atoms with van der Waals surface area (Å²) in [6.45, 7) is 2.65. The molecule has 25 heavy (non-hydrogen) atoms. The molecule has 0 radical (unpaired) electrons. The zero-order valence-electron chi connectivity index (χ0n) is 14.3. The summed E-state index contributed by atoms with van der Waals surface area (Å²) in [5.41, 5.74) is 3.61. The first kappa shape index (κ1) is 16.6. The fraction of sp³-hybridized carbons (Fsp3) is 0.150. The second-order valence-electron chi connectivity index (χ2n) is 5.70. The van der Waals surface area contributed by atoms with Gasteiger partial charge in [0.2, 0.25) is 0 Å². The van der Waals surface area contributed by atoms with Crippen LogP contribution in [-0.4, -0.2) is 34.4 Å². The van der Waals surface area contributed by atoms with Gasteiger partial charge in [0.15, 0.2) is 0 Å². The van der Waals surface area contributed by atoms with E-state index in [9.17, 15) is 4.79 Å². The molecule has 2 heterocycles. The topological polar surface area (TPSA) is 58.1 Å². The van der Waals surface area contributed by atoms with Crippen molar-refractivity contribution in [1.29, 1.82) is 0 Å². The van der Waals surface area contributed by atoms with E-state index in [1.54, 1.807) is 24.3 Å². The average Bonchev–Trinajstić information content (AvgIpc) is 2.68. The smallest absolute Gasteiger partial charge is 0.253 e. The zero-order valence-corrected chi connectivity index (χ0v) is 14.3. The van der Waals surface area contributed by atoms with Crippen LogP contribution in [0.15, 0.2) is 67.1 Å². The molecule has 0 saturated heterocycles. The molecule has 1 N–H and O–H groups in total. The van der Waals surface area contributed by atoms with Gasteiger partial charge in [-0.05, 0) is 48.9 Å². The van der Waals surface area contributed by atoms with Crippen LogP contribution in [-0.2, 0) is 0 Å². The minimum absolute atomic E-state index is 0.0307. The van der Waals surface area contributed by atoms with Crippen LogP contribution in [0.2, 0.25) is 0 Å². The van der Waals surface area contributed by atoms with Gasteiger partial charge in [0.05, 0.1) is 11.9 Å². The molecular formula is C20H20N4O. The van der Waals surface area contributed by atoms with Gasteiger partial charge in [-0.2, -0.15) is 0 Å². The number of anilines is 2. The summed E-state index contributed by atoms with van der Waals surface area (Å²) < 4.78 is 0. The summed E-state index contributed by atoms with van der Waals surface area (Å²) in [4.78, 5) is 22.3. The Morgan fingerprint density at radius 2 is 1.80 bits per heavy atom. The Balaban J connectivity index is 1.73. The number of hydrogen-bond donors (Lipinski definition) is 1. The minimum atomic E-state index is 0.0307. The zero-order chi connectivity index (χ0) is 17.6. The van der Waals surface area contributed by atoms with E-state index in [0.717, 1.165) is 22.6 Å². The number of carbonyl (C=O) groups is 1. The lowest BCUT2D eigenvalue weighted by Crippen LogP contribution is -2.26. The summed E-state index contributed by atoms with van der Waals surface area (Å²) >= 11 is 0. The highest BCUT2D eigenvalue weighted by Gasteiger charge is 2.09.